The maximum absolute atomic E-state index is 5.49. The van der Waals surface area contributed by atoms with E-state index < -0.39 is 0 Å². The molecule has 0 saturated carbocycles. The van der Waals surface area contributed by atoms with Gasteiger partial charge in [-0.05, 0) is 93.8 Å². The van der Waals surface area contributed by atoms with Crippen LogP contribution in [0.25, 0.3) is 0 Å². The van der Waals surface area contributed by atoms with Crippen molar-refractivity contribution in [1.29, 1.82) is 0 Å². The fourth-order valence-electron chi connectivity index (χ4n) is 5.15. The molecule has 244 valence electrons. The molecule has 0 N–H and O–H groups in total. The summed E-state index contributed by atoms with van der Waals surface area (Å²) in [6, 6.07) is 0. The van der Waals surface area contributed by atoms with Crippen molar-refractivity contribution in [2.24, 2.45) is 41.4 Å². The maximum atomic E-state index is 5.49. The van der Waals surface area contributed by atoms with E-state index in [1.54, 1.807) is 7.11 Å². The van der Waals surface area contributed by atoms with Crippen LogP contribution in [0.15, 0.2) is 60.8 Å². The summed E-state index contributed by atoms with van der Waals surface area (Å²) in [6.07, 6.45) is 38.8. The van der Waals surface area contributed by atoms with E-state index in [2.05, 4.69) is 130 Å². The van der Waals surface area contributed by atoms with Gasteiger partial charge in [-0.2, -0.15) is 0 Å². The number of allylic oxidation sites excluding steroid dienone is 9. The Kier molecular flexibility index (Phi) is 24.2. The van der Waals surface area contributed by atoms with Crippen LogP contribution >= 0.6 is 0 Å². The first-order valence-electron chi connectivity index (χ1n) is 17.7. The molecule has 0 aromatic carbocycles. The van der Waals surface area contributed by atoms with Gasteiger partial charge in [0.1, 0.15) is 0 Å². The lowest BCUT2D eigenvalue weighted by atomic mass is 9.92. The summed E-state index contributed by atoms with van der Waals surface area (Å²) in [7, 11) is 1.79. The van der Waals surface area contributed by atoms with Crippen LogP contribution < -0.4 is 0 Å². The van der Waals surface area contributed by atoms with Gasteiger partial charge in [0, 0.05) is 7.11 Å². The van der Waals surface area contributed by atoms with E-state index >= 15 is 0 Å². The van der Waals surface area contributed by atoms with Gasteiger partial charge in [0.25, 0.3) is 0 Å². The average molecular weight is 583 g/mol. The summed E-state index contributed by atoms with van der Waals surface area (Å²) in [5.41, 5.74) is -0.0704. The van der Waals surface area contributed by atoms with Crippen LogP contribution in [-0.2, 0) is 4.74 Å². The monoisotopic (exact) mass is 583 g/mol. The van der Waals surface area contributed by atoms with E-state index in [0.717, 1.165) is 49.9 Å². The highest BCUT2D eigenvalue weighted by atomic mass is 16.5. The van der Waals surface area contributed by atoms with Gasteiger partial charge in [0.15, 0.2) is 0 Å². The Bertz CT molecular complexity index is 764. The average Bonchev–Trinajstić information content (AvgIpc) is 2.91. The number of hydrogen-bond acceptors (Lipinski definition) is 1. The number of ether oxygens (including phenoxy) is 1. The minimum atomic E-state index is -0.0704. The van der Waals surface area contributed by atoms with Gasteiger partial charge in [-0.25, -0.2) is 0 Å². The number of rotatable bonds is 25. The molecule has 0 aliphatic heterocycles. The second-order valence-corrected chi connectivity index (χ2v) is 14.9. The molecule has 6 atom stereocenters. The highest BCUT2D eigenvalue weighted by molar-refractivity contribution is 4.99. The van der Waals surface area contributed by atoms with Crippen LogP contribution in [0.1, 0.15) is 146 Å². The molecule has 0 aliphatic carbocycles. The Morgan fingerprint density at radius 2 is 0.857 bits per heavy atom. The standard InChI is InChI=1S/C41H74O/c1-34(2)20-14-23-37(5)26-17-29-38(6)27-15-24-35(3)21-12-13-22-36(4)25-16-28-39(7)30-18-31-40(8)32-19-33-41(9,10)42-11/h12-13,15-16,18-19,24-25,30,32,34-40H,14,17,20-23,26-29,31,33H2,1-11H3/b13-12-,24-15+,25-16+,30-18+,32-19+/t35-,36+,37-,38-,39+,40-/m0/s1. The molecule has 1 heteroatoms. The minimum Gasteiger partial charge on any atom is -0.378 e. The quantitative estimate of drug-likeness (QED) is 0.0973. The van der Waals surface area contributed by atoms with E-state index in [-0.39, 0.29) is 5.60 Å². The Morgan fingerprint density at radius 1 is 0.476 bits per heavy atom. The molecule has 0 rings (SSSR count). The SMILES string of the molecule is COC(C)(C)C/C=C/[C@@H](C)C/C=C/[C@H](C)C/C=C/[C@H](C)C/C=C\C[C@H](C)/C=C/C[C@H](C)CCC[C@@H](C)CCCC(C)C. The predicted octanol–water partition coefficient (Wildman–Crippen LogP) is 13.3. The van der Waals surface area contributed by atoms with Gasteiger partial charge in [0.2, 0.25) is 0 Å². The maximum Gasteiger partial charge on any atom is 0.0657 e. The summed E-state index contributed by atoms with van der Waals surface area (Å²) in [6.45, 7) is 23.1. The van der Waals surface area contributed by atoms with E-state index in [0.29, 0.717) is 23.7 Å². The van der Waals surface area contributed by atoms with Crippen molar-refractivity contribution in [3.63, 3.8) is 0 Å². The normalized spacial score (nSPS) is 17.8. The zero-order chi connectivity index (χ0) is 31.8. The molecule has 42 heavy (non-hydrogen) atoms. The largest absolute Gasteiger partial charge is 0.378 e. The van der Waals surface area contributed by atoms with Gasteiger partial charge in [-0.3, -0.25) is 0 Å². The highest BCUT2D eigenvalue weighted by Crippen LogP contribution is 2.21. The molecule has 0 fully saturated rings. The van der Waals surface area contributed by atoms with Gasteiger partial charge < -0.3 is 4.74 Å². The first-order valence-corrected chi connectivity index (χ1v) is 17.7. The van der Waals surface area contributed by atoms with Crippen LogP contribution in [0.3, 0.4) is 0 Å². The number of hydrogen-bond donors (Lipinski definition) is 0. The van der Waals surface area contributed by atoms with Crippen LogP contribution in [-0.4, -0.2) is 12.7 Å². The number of methoxy groups -OCH3 is 1. The molecule has 0 aliphatic rings. The van der Waals surface area contributed by atoms with Crippen molar-refractivity contribution in [3.05, 3.63) is 60.8 Å². The van der Waals surface area contributed by atoms with E-state index in [4.69, 9.17) is 4.74 Å². The second-order valence-electron chi connectivity index (χ2n) is 14.9. The van der Waals surface area contributed by atoms with E-state index in [1.165, 1.54) is 44.9 Å². The summed E-state index contributed by atoms with van der Waals surface area (Å²) in [5, 5.41) is 0. The third-order valence-corrected chi connectivity index (χ3v) is 8.63. The molecule has 0 radical (unpaired) electrons. The molecule has 0 bridgehead atoms. The molecular weight excluding hydrogens is 508 g/mol. The minimum absolute atomic E-state index is 0.0704. The summed E-state index contributed by atoms with van der Waals surface area (Å²) >= 11 is 0. The molecule has 0 heterocycles. The molecular formula is C41H74O. The summed E-state index contributed by atoms with van der Waals surface area (Å²) < 4.78 is 5.49. The van der Waals surface area contributed by atoms with Crippen molar-refractivity contribution in [2.45, 2.75) is 152 Å². The molecule has 0 aromatic rings. The lowest BCUT2D eigenvalue weighted by Gasteiger charge is -2.20. The van der Waals surface area contributed by atoms with Crippen LogP contribution in [0.2, 0.25) is 0 Å². The zero-order valence-corrected chi connectivity index (χ0v) is 30.2. The van der Waals surface area contributed by atoms with Crippen molar-refractivity contribution in [2.75, 3.05) is 7.11 Å². The molecule has 0 saturated heterocycles. The molecule has 0 unspecified atom stereocenters. The Balaban J connectivity index is 4.05. The third kappa shape index (κ3) is 26.3. The van der Waals surface area contributed by atoms with Gasteiger partial charge in [-0.15, -0.1) is 0 Å². The first-order chi connectivity index (χ1) is 19.8. The van der Waals surface area contributed by atoms with Gasteiger partial charge in [-0.1, -0.05) is 155 Å². The van der Waals surface area contributed by atoms with Crippen molar-refractivity contribution >= 4 is 0 Å². The smallest absolute Gasteiger partial charge is 0.0657 e. The van der Waals surface area contributed by atoms with E-state index in [9.17, 15) is 0 Å². The Labute approximate surface area is 265 Å². The molecule has 0 amide bonds. The molecule has 0 aromatic heterocycles. The highest BCUT2D eigenvalue weighted by Gasteiger charge is 2.13. The zero-order valence-electron chi connectivity index (χ0n) is 30.2. The third-order valence-electron chi connectivity index (χ3n) is 8.63. The van der Waals surface area contributed by atoms with Gasteiger partial charge >= 0.3 is 0 Å². The van der Waals surface area contributed by atoms with Crippen molar-refractivity contribution in [3.8, 4) is 0 Å². The Morgan fingerprint density at radius 3 is 1.31 bits per heavy atom. The van der Waals surface area contributed by atoms with Crippen LogP contribution in [0.5, 0.6) is 0 Å². The fraction of sp³-hybridized carbons (Fsp3) is 0.756. The molecule has 1 nitrogen and oxygen atoms in total. The van der Waals surface area contributed by atoms with Gasteiger partial charge in [0.05, 0.1) is 5.60 Å². The molecule has 0 spiro atoms. The van der Waals surface area contributed by atoms with Crippen molar-refractivity contribution < 1.29 is 4.74 Å². The lowest BCUT2D eigenvalue weighted by Crippen LogP contribution is -2.20. The predicted molar refractivity (Wildman–Crippen MR) is 192 cm³/mol. The second kappa shape index (κ2) is 25.0. The van der Waals surface area contributed by atoms with Crippen LogP contribution in [0.4, 0.5) is 0 Å². The first kappa shape index (κ1) is 40.7. The summed E-state index contributed by atoms with van der Waals surface area (Å²) in [5.74, 6) is 4.95. The Hall–Kier alpha value is -1.34. The van der Waals surface area contributed by atoms with Crippen LogP contribution in [0, 0.1) is 41.4 Å². The topological polar surface area (TPSA) is 9.23 Å². The summed E-state index contributed by atoms with van der Waals surface area (Å²) in [4.78, 5) is 0. The fourth-order valence-corrected chi connectivity index (χ4v) is 5.15. The lowest BCUT2D eigenvalue weighted by molar-refractivity contribution is 0.0254. The van der Waals surface area contributed by atoms with E-state index in [1.807, 2.05) is 0 Å². The van der Waals surface area contributed by atoms with Crippen molar-refractivity contribution in [1.82, 2.24) is 0 Å².